The number of ether oxygens (including phenoxy) is 1. The van der Waals surface area contributed by atoms with Gasteiger partial charge in [0.2, 0.25) is 10.0 Å². The summed E-state index contributed by atoms with van der Waals surface area (Å²) in [6.45, 7) is -0.401. The normalized spacial score (nSPS) is 11.3. The molecule has 1 aromatic carbocycles. The summed E-state index contributed by atoms with van der Waals surface area (Å²) in [6.07, 6.45) is 0.952. The van der Waals surface area contributed by atoms with Crippen LogP contribution < -0.4 is 9.46 Å². The molecule has 0 spiro atoms. The molecule has 0 radical (unpaired) electrons. The molecule has 18 heavy (non-hydrogen) atoms. The predicted molar refractivity (Wildman–Crippen MR) is 66.9 cm³/mol. The number of hydrogen-bond acceptors (Lipinski definition) is 4. The van der Waals surface area contributed by atoms with Crippen LogP contribution >= 0.6 is 23.2 Å². The van der Waals surface area contributed by atoms with Gasteiger partial charge in [-0.3, -0.25) is 0 Å². The second-order valence-electron chi connectivity index (χ2n) is 3.25. The van der Waals surface area contributed by atoms with Gasteiger partial charge < -0.3 is 9.84 Å². The van der Waals surface area contributed by atoms with E-state index in [-0.39, 0.29) is 21.4 Å². The third-order valence-corrected chi connectivity index (χ3v) is 3.13. The molecule has 0 atom stereocenters. The van der Waals surface area contributed by atoms with E-state index >= 15 is 0 Å². The van der Waals surface area contributed by atoms with E-state index < -0.39 is 22.7 Å². The minimum absolute atomic E-state index is 0.0836. The van der Waals surface area contributed by atoms with Gasteiger partial charge in [0.05, 0.1) is 21.9 Å². The lowest BCUT2D eigenvalue weighted by Crippen LogP contribution is -2.26. The monoisotopic (exact) mass is 313 g/mol. The highest BCUT2D eigenvalue weighted by atomic mass is 35.5. The Morgan fingerprint density at radius 2 is 2.06 bits per heavy atom. The quantitative estimate of drug-likeness (QED) is 0.805. The number of rotatable bonds is 5. The van der Waals surface area contributed by atoms with Gasteiger partial charge in [-0.25, -0.2) is 13.2 Å². The first kappa shape index (κ1) is 15.0. The molecule has 0 bridgehead atoms. The third-order valence-electron chi connectivity index (χ3n) is 1.82. The zero-order valence-corrected chi connectivity index (χ0v) is 11.4. The SMILES string of the molecule is CS(=O)(=O)NCOc1c(Cl)ccc(C(=O)O)c1Cl. The lowest BCUT2D eigenvalue weighted by atomic mass is 10.2. The molecule has 100 valence electrons. The Bertz CT molecular complexity index is 573. The van der Waals surface area contributed by atoms with E-state index in [1.54, 1.807) is 0 Å². The van der Waals surface area contributed by atoms with Crippen LogP contribution in [0.3, 0.4) is 0 Å². The van der Waals surface area contributed by atoms with Gasteiger partial charge in [-0.15, -0.1) is 0 Å². The number of aromatic carboxylic acids is 1. The highest BCUT2D eigenvalue weighted by Crippen LogP contribution is 2.35. The fraction of sp³-hybridized carbons (Fsp3) is 0.222. The number of nitrogens with one attached hydrogen (secondary N) is 1. The van der Waals surface area contributed by atoms with Gasteiger partial charge in [-0.05, 0) is 12.1 Å². The van der Waals surface area contributed by atoms with Crippen LogP contribution in [0.15, 0.2) is 12.1 Å². The van der Waals surface area contributed by atoms with E-state index in [2.05, 4.69) is 4.72 Å². The van der Waals surface area contributed by atoms with Crippen LogP contribution in [-0.4, -0.2) is 32.5 Å². The van der Waals surface area contributed by atoms with Crippen LogP contribution in [-0.2, 0) is 10.0 Å². The van der Waals surface area contributed by atoms with Crippen LogP contribution in [0.1, 0.15) is 10.4 Å². The Hall–Kier alpha value is -1.02. The molecular weight excluding hydrogens is 305 g/mol. The molecular formula is C9H9Cl2NO5S. The summed E-state index contributed by atoms with van der Waals surface area (Å²) in [5, 5.41) is 8.74. The van der Waals surface area contributed by atoms with Gasteiger partial charge >= 0.3 is 5.97 Å². The summed E-state index contributed by atoms with van der Waals surface area (Å²) >= 11 is 11.6. The average Bonchev–Trinajstić information content (AvgIpc) is 2.20. The number of halogens is 2. The lowest BCUT2D eigenvalue weighted by molar-refractivity contribution is 0.0696. The molecule has 1 rings (SSSR count). The van der Waals surface area contributed by atoms with Crippen molar-refractivity contribution in [3.05, 3.63) is 27.7 Å². The Balaban J connectivity index is 2.95. The number of carbonyl (C=O) groups is 1. The molecule has 0 aliphatic carbocycles. The highest BCUT2D eigenvalue weighted by Gasteiger charge is 2.17. The van der Waals surface area contributed by atoms with Crippen LogP contribution in [0.4, 0.5) is 0 Å². The van der Waals surface area contributed by atoms with Crippen molar-refractivity contribution in [2.24, 2.45) is 0 Å². The van der Waals surface area contributed by atoms with Gasteiger partial charge in [0.15, 0.2) is 12.5 Å². The first-order valence-electron chi connectivity index (χ1n) is 4.51. The molecule has 6 nitrogen and oxygen atoms in total. The minimum atomic E-state index is -3.42. The van der Waals surface area contributed by atoms with Gasteiger partial charge in [0.25, 0.3) is 0 Å². The summed E-state index contributed by atoms with van der Waals surface area (Å²) in [6, 6.07) is 2.52. The molecule has 0 saturated carbocycles. The first-order chi connectivity index (χ1) is 8.22. The Morgan fingerprint density at radius 3 is 2.56 bits per heavy atom. The molecule has 2 N–H and O–H groups in total. The molecule has 0 saturated heterocycles. The summed E-state index contributed by atoms with van der Waals surface area (Å²) < 4.78 is 28.7. The van der Waals surface area contributed by atoms with Crippen molar-refractivity contribution in [1.29, 1.82) is 0 Å². The maximum atomic E-state index is 10.8. The van der Waals surface area contributed by atoms with Crippen LogP contribution in [0.5, 0.6) is 5.75 Å². The largest absolute Gasteiger partial charge is 0.478 e. The maximum Gasteiger partial charge on any atom is 0.337 e. The second kappa shape index (κ2) is 5.75. The fourth-order valence-corrected chi connectivity index (χ4v) is 1.87. The molecule has 0 aliphatic rings. The average molecular weight is 314 g/mol. The van der Waals surface area contributed by atoms with E-state index in [1.165, 1.54) is 12.1 Å². The van der Waals surface area contributed by atoms with Crippen molar-refractivity contribution >= 4 is 39.2 Å². The van der Waals surface area contributed by atoms with E-state index in [4.69, 9.17) is 33.0 Å². The van der Waals surface area contributed by atoms with Crippen molar-refractivity contribution in [2.45, 2.75) is 0 Å². The molecule has 0 aliphatic heterocycles. The number of carboxylic acid groups (broad SMARTS) is 1. The van der Waals surface area contributed by atoms with Gasteiger partial charge in [-0.2, -0.15) is 4.72 Å². The highest BCUT2D eigenvalue weighted by molar-refractivity contribution is 7.88. The number of benzene rings is 1. The number of sulfonamides is 1. The zero-order valence-electron chi connectivity index (χ0n) is 9.11. The van der Waals surface area contributed by atoms with Crippen LogP contribution in [0.2, 0.25) is 10.0 Å². The van der Waals surface area contributed by atoms with Crippen molar-refractivity contribution < 1.29 is 23.1 Å². The van der Waals surface area contributed by atoms with Crippen molar-refractivity contribution in [1.82, 2.24) is 4.72 Å². The van der Waals surface area contributed by atoms with E-state index in [9.17, 15) is 13.2 Å². The van der Waals surface area contributed by atoms with E-state index in [0.717, 1.165) is 6.26 Å². The van der Waals surface area contributed by atoms with Crippen molar-refractivity contribution in [3.63, 3.8) is 0 Å². The summed E-state index contributed by atoms with van der Waals surface area (Å²) in [5.74, 6) is -1.33. The number of hydrogen-bond donors (Lipinski definition) is 2. The Morgan fingerprint density at radius 1 is 1.44 bits per heavy atom. The van der Waals surface area contributed by atoms with Crippen LogP contribution in [0.25, 0.3) is 0 Å². The number of carboxylic acids is 1. The summed E-state index contributed by atoms with van der Waals surface area (Å²) in [5.41, 5.74) is -0.185. The fourth-order valence-electron chi connectivity index (χ4n) is 1.04. The van der Waals surface area contributed by atoms with Gasteiger partial charge in [0, 0.05) is 0 Å². The summed E-state index contributed by atoms with van der Waals surface area (Å²) in [4.78, 5) is 10.8. The van der Waals surface area contributed by atoms with Crippen molar-refractivity contribution in [3.8, 4) is 5.75 Å². The molecule has 0 amide bonds. The second-order valence-corrected chi connectivity index (χ2v) is 5.87. The minimum Gasteiger partial charge on any atom is -0.478 e. The molecule has 0 fully saturated rings. The Kier molecular flexibility index (Phi) is 4.80. The van der Waals surface area contributed by atoms with Gasteiger partial charge in [-0.1, -0.05) is 23.2 Å². The molecule has 0 unspecified atom stereocenters. The third kappa shape index (κ3) is 4.02. The molecule has 1 aromatic rings. The predicted octanol–water partition coefficient (Wildman–Crippen LogP) is 1.58. The topological polar surface area (TPSA) is 92.7 Å². The zero-order chi connectivity index (χ0) is 13.9. The van der Waals surface area contributed by atoms with Crippen molar-refractivity contribution in [2.75, 3.05) is 13.0 Å². The van der Waals surface area contributed by atoms with Crippen LogP contribution in [0, 0.1) is 0 Å². The van der Waals surface area contributed by atoms with E-state index in [1.807, 2.05) is 0 Å². The standard InChI is InChI=1S/C9H9Cl2NO5S/c1-18(15,16)12-4-17-8-6(10)3-2-5(7(8)11)9(13)14/h2-3,12H,4H2,1H3,(H,13,14). The maximum absolute atomic E-state index is 10.8. The molecule has 0 aromatic heterocycles. The molecule has 9 heteroatoms. The van der Waals surface area contributed by atoms with E-state index in [0.29, 0.717) is 0 Å². The lowest BCUT2D eigenvalue weighted by Gasteiger charge is -2.11. The molecule has 0 heterocycles. The van der Waals surface area contributed by atoms with Gasteiger partial charge in [0.1, 0.15) is 0 Å². The Labute approximate surface area is 114 Å². The smallest absolute Gasteiger partial charge is 0.337 e. The summed E-state index contributed by atoms with van der Waals surface area (Å²) in [7, 11) is -3.42. The first-order valence-corrected chi connectivity index (χ1v) is 7.16.